The summed E-state index contributed by atoms with van der Waals surface area (Å²) in [6.45, 7) is 4.35. The fourth-order valence-electron chi connectivity index (χ4n) is 3.03. The molecule has 1 saturated carbocycles. The number of aromatic hydroxyl groups is 1. The van der Waals surface area contributed by atoms with Crippen LogP contribution in [0.15, 0.2) is 22.2 Å². The molecule has 1 aromatic carbocycles. The largest absolute Gasteiger partial charge is 0.503 e. The molecular formula is C19H23BrN2O3. The lowest BCUT2D eigenvalue weighted by atomic mass is 9.86. The molecule has 5 nitrogen and oxygen atoms in total. The van der Waals surface area contributed by atoms with E-state index in [4.69, 9.17) is 4.74 Å². The van der Waals surface area contributed by atoms with Gasteiger partial charge in [0.25, 0.3) is 5.91 Å². The zero-order valence-corrected chi connectivity index (χ0v) is 16.1. The van der Waals surface area contributed by atoms with Crippen LogP contribution in [0.5, 0.6) is 11.5 Å². The molecule has 1 aliphatic carbocycles. The van der Waals surface area contributed by atoms with Crippen LogP contribution in [-0.2, 0) is 4.79 Å². The minimum absolute atomic E-state index is 0.00186. The SMILES string of the molecule is CCOc1cc(/C=C(\C#N)C(=O)N[C@@H]2CCCC[C@H]2C)cc(Br)c1O. The highest BCUT2D eigenvalue weighted by Gasteiger charge is 2.24. The Morgan fingerprint density at radius 1 is 1.48 bits per heavy atom. The van der Waals surface area contributed by atoms with Gasteiger partial charge in [0.05, 0.1) is 11.1 Å². The van der Waals surface area contributed by atoms with Crippen molar-refractivity contribution in [3.8, 4) is 17.6 Å². The Bertz CT molecular complexity index is 709. The average molecular weight is 407 g/mol. The fraction of sp³-hybridized carbons (Fsp3) is 0.474. The minimum Gasteiger partial charge on any atom is -0.503 e. The molecule has 0 aliphatic heterocycles. The average Bonchev–Trinajstić information content (AvgIpc) is 2.59. The van der Waals surface area contributed by atoms with Crippen LogP contribution in [0, 0.1) is 17.2 Å². The predicted molar refractivity (Wildman–Crippen MR) is 100 cm³/mol. The van der Waals surface area contributed by atoms with E-state index in [0.717, 1.165) is 19.3 Å². The van der Waals surface area contributed by atoms with Gasteiger partial charge in [-0.25, -0.2) is 0 Å². The van der Waals surface area contributed by atoms with Crippen molar-refractivity contribution in [2.75, 3.05) is 6.61 Å². The van der Waals surface area contributed by atoms with Crippen molar-refractivity contribution in [1.29, 1.82) is 5.26 Å². The van der Waals surface area contributed by atoms with E-state index in [1.807, 2.05) is 13.0 Å². The number of amides is 1. The summed E-state index contributed by atoms with van der Waals surface area (Å²) >= 11 is 3.26. The van der Waals surface area contributed by atoms with E-state index in [1.54, 1.807) is 12.1 Å². The Kier molecular flexibility index (Phi) is 6.89. The molecule has 0 spiro atoms. The van der Waals surface area contributed by atoms with Crippen LogP contribution in [0.3, 0.4) is 0 Å². The Morgan fingerprint density at radius 3 is 2.84 bits per heavy atom. The van der Waals surface area contributed by atoms with Crippen LogP contribution in [0.25, 0.3) is 6.08 Å². The smallest absolute Gasteiger partial charge is 0.262 e. The van der Waals surface area contributed by atoms with Crippen LogP contribution < -0.4 is 10.1 Å². The van der Waals surface area contributed by atoms with Gasteiger partial charge in [-0.05, 0) is 65.4 Å². The normalized spacial score (nSPS) is 20.6. The number of nitriles is 1. The molecule has 134 valence electrons. The standard InChI is InChI=1S/C19H23BrN2O3/c1-3-25-17-10-13(9-15(20)18(17)23)8-14(11-21)19(24)22-16-7-5-4-6-12(16)2/h8-10,12,16,23H,3-7H2,1-2H3,(H,22,24)/b14-8+/t12-,16-/m1/s1. The lowest BCUT2D eigenvalue weighted by molar-refractivity contribution is -0.118. The number of nitrogens with zero attached hydrogens (tertiary/aromatic N) is 1. The molecular weight excluding hydrogens is 384 g/mol. The number of hydrogen-bond donors (Lipinski definition) is 2. The number of hydrogen-bond acceptors (Lipinski definition) is 4. The van der Waals surface area contributed by atoms with Gasteiger partial charge >= 0.3 is 0 Å². The summed E-state index contributed by atoms with van der Waals surface area (Å²) in [7, 11) is 0. The van der Waals surface area contributed by atoms with Crippen molar-refractivity contribution in [3.05, 3.63) is 27.7 Å². The van der Waals surface area contributed by atoms with Crippen molar-refractivity contribution in [1.82, 2.24) is 5.32 Å². The fourth-order valence-corrected chi connectivity index (χ4v) is 3.49. The van der Waals surface area contributed by atoms with E-state index in [0.29, 0.717) is 28.3 Å². The molecule has 2 rings (SSSR count). The number of benzene rings is 1. The van der Waals surface area contributed by atoms with Crippen LogP contribution in [0.2, 0.25) is 0 Å². The van der Waals surface area contributed by atoms with Gasteiger partial charge in [-0.2, -0.15) is 5.26 Å². The van der Waals surface area contributed by atoms with E-state index in [2.05, 4.69) is 28.2 Å². The molecule has 0 heterocycles. The highest BCUT2D eigenvalue weighted by molar-refractivity contribution is 9.10. The number of carbonyl (C=O) groups excluding carboxylic acids is 1. The van der Waals surface area contributed by atoms with Gasteiger partial charge < -0.3 is 15.2 Å². The third-order valence-corrected chi connectivity index (χ3v) is 5.06. The Hall–Kier alpha value is -2.00. The number of ether oxygens (including phenoxy) is 1. The molecule has 2 N–H and O–H groups in total. The molecule has 1 fully saturated rings. The molecule has 0 bridgehead atoms. The van der Waals surface area contributed by atoms with Gasteiger partial charge in [0.1, 0.15) is 11.6 Å². The summed E-state index contributed by atoms with van der Waals surface area (Å²) in [6.07, 6.45) is 5.85. The Balaban J connectivity index is 2.21. The van der Waals surface area contributed by atoms with Crippen molar-refractivity contribution in [2.45, 2.75) is 45.6 Å². The first-order valence-corrected chi connectivity index (χ1v) is 9.33. The molecule has 1 amide bonds. The highest BCUT2D eigenvalue weighted by Crippen LogP contribution is 2.36. The minimum atomic E-state index is -0.358. The third kappa shape index (κ3) is 4.99. The van der Waals surface area contributed by atoms with Gasteiger partial charge in [-0.15, -0.1) is 0 Å². The van der Waals surface area contributed by atoms with Crippen molar-refractivity contribution >= 4 is 27.9 Å². The van der Waals surface area contributed by atoms with E-state index < -0.39 is 0 Å². The number of nitrogens with one attached hydrogen (secondary N) is 1. The summed E-state index contributed by atoms with van der Waals surface area (Å²) in [4.78, 5) is 12.5. The number of phenols is 1. The second-order valence-electron chi connectivity index (χ2n) is 6.29. The van der Waals surface area contributed by atoms with Crippen molar-refractivity contribution in [2.24, 2.45) is 5.92 Å². The van der Waals surface area contributed by atoms with Crippen LogP contribution in [-0.4, -0.2) is 23.7 Å². The lowest BCUT2D eigenvalue weighted by Crippen LogP contribution is -2.41. The van der Waals surface area contributed by atoms with Crippen molar-refractivity contribution in [3.63, 3.8) is 0 Å². The third-order valence-electron chi connectivity index (χ3n) is 4.45. The predicted octanol–water partition coefficient (Wildman–Crippen LogP) is 4.16. The summed E-state index contributed by atoms with van der Waals surface area (Å²) < 4.78 is 5.82. The summed E-state index contributed by atoms with van der Waals surface area (Å²) in [6, 6.07) is 5.34. The molecule has 0 unspecified atom stereocenters. The van der Waals surface area contributed by atoms with Crippen molar-refractivity contribution < 1.29 is 14.6 Å². The maximum atomic E-state index is 12.5. The van der Waals surface area contributed by atoms with Gasteiger partial charge in [0.2, 0.25) is 0 Å². The zero-order valence-electron chi connectivity index (χ0n) is 14.5. The van der Waals surface area contributed by atoms with Crippen LogP contribution >= 0.6 is 15.9 Å². The first-order chi connectivity index (χ1) is 12.0. The molecule has 25 heavy (non-hydrogen) atoms. The van der Waals surface area contributed by atoms with Gasteiger partial charge in [-0.1, -0.05) is 19.8 Å². The van der Waals surface area contributed by atoms with Crippen LogP contribution in [0.4, 0.5) is 0 Å². The zero-order chi connectivity index (χ0) is 18.4. The van der Waals surface area contributed by atoms with E-state index in [9.17, 15) is 15.2 Å². The van der Waals surface area contributed by atoms with Crippen LogP contribution in [0.1, 0.15) is 45.1 Å². The number of rotatable bonds is 5. The molecule has 6 heteroatoms. The Labute approximate surface area is 156 Å². The first kappa shape index (κ1) is 19.3. The monoisotopic (exact) mass is 406 g/mol. The highest BCUT2D eigenvalue weighted by atomic mass is 79.9. The van der Waals surface area contributed by atoms with Gasteiger partial charge in [-0.3, -0.25) is 4.79 Å². The van der Waals surface area contributed by atoms with E-state index >= 15 is 0 Å². The maximum absolute atomic E-state index is 12.5. The second kappa shape index (κ2) is 8.91. The molecule has 1 aliphatic rings. The molecule has 2 atom stereocenters. The summed E-state index contributed by atoms with van der Waals surface area (Å²) in [5.74, 6) is 0.369. The van der Waals surface area contributed by atoms with E-state index in [1.165, 1.54) is 12.5 Å². The van der Waals surface area contributed by atoms with Gasteiger partial charge in [0, 0.05) is 6.04 Å². The quantitative estimate of drug-likeness (QED) is 0.567. The number of carbonyl (C=O) groups is 1. The number of phenolic OH excluding ortho intramolecular Hbond substituents is 1. The van der Waals surface area contributed by atoms with E-state index in [-0.39, 0.29) is 23.3 Å². The maximum Gasteiger partial charge on any atom is 0.262 e. The topological polar surface area (TPSA) is 82.3 Å². The second-order valence-corrected chi connectivity index (χ2v) is 7.15. The molecule has 0 radical (unpaired) electrons. The first-order valence-electron chi connectivity index (χ1n) is 8.54. The van der Waals surface area contributed by atoms with Gasteiger partial charge in [0.15, 0.2) is 11.5 Å². The summed E-state index contributed by atoms with van der Waals surface area (Å²) in [5.41, 5.74) is 0.648. The summed E-state index contributed by atoms with van der Waals surface area (Å²) in [5, 5.41) is 22.3. The molecule has 1 aromatic rings. The lowest BCUT2D eigenvalue weighted by Gasteiger charge is -2.29. The Morgan fingerprint density at radius 2 is 2.20 bits per heavy atom. The molecule has 0 saturated heterocycles. The molecule has 0 aromatic heterocycles. The number of halogens is 1.